The maximum Gasteiger partial charge on any atom is 0.0705 e. The van der Waals surface area contributed by atoms with Crippen molar-refractivity contribution in [1.82, 2.24) is 10.3 Å². The molecule has 0 spiro atoms. The fourth-order valence-corrected chi connectivity index (χ4v) is 3.25. The summed E-state index contributed by atoms with van der Waals surface area (Å²) in [7, 11) is 2.08. The molecule has 1 aliphatic rings. The van der Waals surface area contributed by atoms with Crippen molar-refractivity contribution in [3.05, 3.63) is 41.6 Å². The molecule has 3 rings (SSSR count). The van der Waals surface area contributed by atoms with Gasteiger partial charge in [-0.05, 0) is 62.9 Å². The number of fused-ring (bicyclic) bond motifs is 1. The van der Waals surface area contributed by atoms with Crippen LogP contribution in [0.2, 0.25) is 0 Å². The number of aromatic nitrogens is 1. The molecular weight excluding hydrogens is 232 g/mol. The molecule has 2 atom stereocenters. The van der Waals surface area contributed by atoms with Crippen LogP contribution in [0.3, 0.4) is 0 Å². The molecule has 1 heterocycles. The lowest BCUT2D eigenvalue weighted by Crippen LogP contribution is -2.30. The van der Waals surface area contributed by atoms with Gasteiger partial charge in [0, 0.05) is 17.1 Å². The van der Waals surface area contributed by atoms with Gasteiger partial charge in [-0.15, -0.1) is 0 Å². The van der Waals surface area contributed by atoms with Gasteiger partial charge in [0.05, 0.1) is 5.52 Å². The highest BCUT2D eigenvalue weighted by Gasteiger charge is 2.22. The second-order valence-electron chi connectivity index (χ2n) is 5.75. The Balaban J connectivity index is 1.90. The Hall–Kier alpha value is -1.41. The van der Waals surface area contributed by atoms with Crippen molar-refractivity contribution in [3.63, 3.8) is 0 Å². The first-order valence-corrected chi connectivity index (χ1v) is 7.31. The van der Waals surface area contributed by atoms with Crippen LogP contribution in [0.4, 0.5) is 0 Å². The fourth-order valence-electron chi connectivity index (χ4n) is 3.25. The van der Waals surface area contributed by atoms with Gasteiger partial charge < -0.3 is 5.32 Å². The van der Waals surface area contributed by atoms with Crippen molar-refractivity contribution in [2.75, 3.05) is 7.05 Å². The third-order valence-corrected chi connectivity index (χ3v) is 4.41. The van der Waals surface area contributed by atoms with Gasteiger partial charge in [-0.25, -0.2) is 0 Å². The van der Waals surface area contributed by atoms with E-state index in [2.05, 4.69) is 47.7 Å². The lowest BCUT2D eigenvalue weighted by molar-refractivity contribution is 0.355. The minimum Gasteiger partial charge on any atom is -0.317 e. The molecular formula is C17H22N2. The Morgan fingerprint density at radius 2 is 2.05 bits per heavy atom. The fraction of sp³-hybridized carbons (Fsp3) is 0.471. The predicted molar refractivity (Wildman–Crippen MR) is 80.5 cm³/mol. The first-order chi connectivity index (χ1) is 9.26. The third kappa shape index (κ3) is 2.64. The molecule has 19 heavy (non-hydrogen) atoms. The summed E-state index contributed by atoms with van der Waals surface area (Å²) in [6.07, 6.45) is 5.24. The number of hydrogen-bond acceptors (Lipinski definition) is 2. The summed E-state index contributed by atoms with van der Waals surface area (Å²) >= 11 is 0. The van der Waals surface area contributed by atoms with E-state index in [0.29, 0.717) is 12.0 Å². The largest absolute Gasteiger partial charge is 0.317 e. The molecule has 1 aliphatic carbocycles. The van der Waals surface area contributed by atoms with E-state index in [1.165, 1.54) is 36.6 Å². The van der Waals surface area contributed by atoms with Gasteiger partial charge in [-0.3, -0.25) is 4.98 Å². The Morgan fingerprint density at radius 1 is 1.16 bits per heavy atom. The van der Waals surface area contributed by atoms with Crippen molar-refractivity contribution in [2.45, 2.75) is 44.6 Å². The number of aryl methyl sites for hydroxylation is 1. The van der Waals surface area contributed by atoms with Crippen molar-refractivity contribution >= 4 is 10.9 Å². The standard InChI is InChI=1S/C17H22N2/c1-12-6-7-15-10-14(8-9-17(15)19-12)13-4-3-5-16(11-13)18-2/h6-10,13,16,18H,3-5,11H2,1-2H3. The van der Waals surface area contributed by atoms with Crippen molar-refractivity contribution < 1.29 is 0 Å². The van der Waals surface area contributed by atoms with Crippen LogP contribution in [-0.2, 0) is 0 Å². The summed E-state index contributed by atoms with van der Waals surface area (Å²) in [4.78, 5) is 4.58. The van der Waals surface area contributed by atoms with E-state index in [9.17, 15) is 0 Å². The van der Waals surface area contributed by atoms with E-state index in [0.717, 1.165) is 11.2 Å². The molecule has 1 aromatic carbocycles. The Kier molecular flexibility index (Phi) is 3.52. The summed E-state index contributed by atoms with van der Waals surface area (Å²) in [5.74, 6) is 0.705. The van der Waals surface area contributed by atoms with Gasteiger partial charge in [0.1, 0.15) is 0 Å². The van der Waals surface area contributed by atoms with E-state index in [-0.39, 0.29) is 0 Å². The smallest absolute Gasteiger partial charge is 0.0705 e. The van der Waals surface area contributed by atoms with Gasteiger partial charge in [-0.1, -0.05) is 18.6 Å². The molecule has 0 amide bonds. The number of nitrogens with zero attached hydrogens (tertiary/aromatic N) is 1. The quantitative estimate of drug-likeness (QED) is 0.882. The average Bonchev–Trinajstić information content (AvgIpc) is 2.46. The molecule has 1 saturated carbocycles. The maximum absolute atomic E-state index is 4.58. The van der Waals surface area contributed by atoms with E-state index >= 15 is 0 Å². The van der Waals surface area contributed by atoms with E-state index in [1.807, 2.05) is 6.92 Å². The third-order valence-electron chi connectivity index (χ3n) is 4.41. The summed E-state index contributed by atoms with van der Waals surface area (Å²) in [5, 5.41) is 4.71. The molecule has 1 fully saturated rings. The number of nitrogens with one attached hydrogen (secondary N) is 1. The second-order valence-corrected chi connectivity index (χ2v) is 5.75. The van der Waals surface area contributed by atoms with Gasteiger partial charge in [0.25, 0.3) is 0 Å². The highest BCUT2D eigenvalue weighted by atomic mass is 14.9. The van der Waals surface area contributed by atoms with Crippen LogP contribution in [0.1, 0.15) is 42.9 Å². The number of rotatable bonds is 2. The molecule has 0 saturated heterocycles. The monoisotopic (exact) mass is 254 g/mol. The minimum absolute atomic E-state index is 0.686. The average molecular weight is 254 g/mol. The lowest BCUT2D eigenvalue weighted by atomic mass is 9.81. The van der Waals surface area contributed by atoms with Gasteiger partial charge >= 0.3 is 0 Å². The molecule has 1 N–H and O–H groups in total. The van der Waals surface area contributed by atoms with Crippen LogP contribution in [-0.4, -0.2) is 18.1 Å². The predicted octanol–water partition coefficient (Wildman–Crippen LogP) is 3.79. The van der Waals surface area contributed by atoms with Crippen LogP contribution in [0, 0.1) is 6.92 Å². The molecule has 0 aliphatic heterocycles. The molecule has 1 aromatic heterocycles. The molecule has 2 nitrogen and oxygen atoms in total. The van der Waals surface area contributed by atoms with Crippen LogP contribution >= 0.6 is 0 Å². The van der Waals surface area contributed by atoms with E-state index in [1.54, 1.807) is 0 Å². The van der Waals surface area contributed by atoms with E-state index in [4.69, 9.17) is 0 Å². The van der Waals surface area contributed by atoms with Gasteiger partial charge in [0.15, 0.2) is 0 Å². The normalized spacial score (nSPS) is 23.7. The first-order valence-electron chi connectivity index (χ1n) is 7.31. The highest BCUT2D eigenvalue weighted by Crippen LogP contribution is 2.33. The SMILES string of the molecule is CNC1CCCC(c2ccc3nc(C)ccc3c2)C1. The van der Waals surface area contributed by atoms with Gasteiger partial charge in [0.2, 0.25) is 0 Å². The maximum atomic E-state index is 4.58. The number of benzene rings is 1. The minimum atomic E-state index is 0.686. The second kappa shape index (κ2) is 5.30. The summed E-state index contributed by atoms with van der Waals surface area (Å²) < 4.78 is 0. The van der Waals surface area contributed by atoms with Crippen LogP contribution in [0.5, 0.6) is 0 Å². The van der Waals surface area contributed by atoms with Crippen molar-refractivity contribution in [3.8, 4) is 0 Å². The molecule has 0 radical (unpaired) electrons. The Bertz CT molecular complexity index is 576. The summed E-state index contributed by atoms with van der Waals surface area (Å²) in [6.45, 7) is 2.05. The number of pyridine rings is 1. The Labute approximate surface area is 115 Å². The highest BCUT2D eigenvalue weighted by molar-refractivity contribution is 5.79. The van der Waals surface area contributed by atoms with Crippen LogP contribution < -0.4 is 5.32 Å². The molecule has 2 unspecified atom stereocenters. The lowest BCUT2D eigenvalue weighted by Gasteiger charge is -2.29. The molecule has 0 bridgehead atoms. The van der Waals surface area contributed by atoms with Crippen LogP contribution in [0.25, 0.3) is 10.9 Å². The summed E-state index contributed by atoms with van der Waals surface area (Å²) in [5.41, 5.74) is 3.69. The first kappa shape index (κ1) is 12.6. The van der Waals surface area contributed by atoms with E-state index < -0.39 is 0 Å². The van der Waals surface area contributed by atoms with Gasteiger partial charge in [-0.2, -0.15) is 0 Å². The molecule has 2 aromatic rings. The zero-order valence-corrected chi connectivity index (χ0v) is 11.8. The van der Waals surface area contributed by atoms with Crippen LogP contribution in [0.15, 0.2) is 30.3 Å². The number of hydrogen-bond donors (Lipinski definition) is 1. The molecule has 2 heteroatoms. The zero-order valence-electron chi connectivity index (χ0n) is 11.8. The molecule has 100 valence electrons. The zero-order chi connectivity index (χ0) is 13.2. The topological polar surface area (TPSA) is 24.9 Å². The van der Waals surface area contributed by atoms with Crippen molar-refractivity contribution in [2.24, 2.45) is 0 Å². The van der Waals surface area contributed by atoms with Crippen molar-refractivity contribution in [1.29, 1.82) is 0 Å². The Morgan fingerprint density at radius 3 is 2.89 bits per heavy atom. The summed E-state index contributed by atoms with van der Waals surface area (Å²) in [6, 6.07) is 11.8.